The quantitative estimate of drug-likeness (QED) is 0.143. The van der Waals surface area contributed by atoms with Gasteiger partial charge in [0.25, 0.3) is 0 Å². The Hall–Kier alpha value is -1.02. The summed E-state index contributed by atoms with van der Waals surface area (Å²) < 4.78 is 69.7. The lowest BCUT2D eigenvalue weighted by atomic mass is 10.4. The molecular formula is C19H17Br2F3NO6PS2. The van der Waals surface area contributed by atoms with Crippen LogP contribution in [0.3, 0.4) is 0 Å². The number of nitrogens with zero attached hydrogens (tertiary/aromatic N) is 1. The van der Waals surface area contributed by atoms with E-state index in [2.05, 4.69) is 36.6 Å². The number of hydrogen-bond donors (Lipinski definition) is 0. The van der Waals surface area contributed by atoms with Gasteiger partial charge < -0.3 is 9.64 Å². The van der Waals surface area contributed by atoms with Gasteiger partial charge in [0.1, 0.15) is 12.8 Å². The number of carbonyl (C=O) groups excluding carboxylic acids is 2. The second kappa shape index (κ2) is 13.3. The molecule has 0 fully saturated rings. The van der Waals surface area contributed by atoms with E-state index in [-0.39, 0.29) is 11.5 Å². The SMILES string of the molecule is CCOC(=O)CN(CP(=O)(OSc1ccc(Br)cc1)OSc1ccc(Br)cc1)C(=O)C(F)(F)F. The van der Waals surface area contributed by atoms with Crippen molar-refractivity contribution in [1.82, 2.24) is 4.90 Å². The van der Waals surface area contributed by atoms with Crippen LogP contribution in [0.2, 0.25) is 0 Å². The first-order chi connectivity index (χ1) is 15.9. The van der Waals surface area contributed by atoms with E-state index in [1.165, 1.54) is 6.92 Å². The normalized spacial score (nSPS) is 11.8. The molecule has 0 saturated heterocycles. The number of hydrogen-bond acceptors (Lipinski definition) is 8. The van der Waals surface area contributed by atoms with Crippen molar-refractivity contribution < 1.29 is 40.0 Å². The maximum atomic E-state index is 13.5. The highest BCUT2D eigenvalue weighted by atomic mass is 79.9. The molecule has 0 heterocycles. The Morgan fingerprint density at radius 2 is 1.38 bits per heavy atom. The number of rotatable bonds is 11. The van der Waals surface area contributed by atoms with Crippen molar-refractivity contribution in [1.29, 1.82) is 0 Å². The molecule has 0 radical (unpaired) electrons. The van der Waals surface area contributed by atoms with Gasteiger partial charge in [0, 0.05) is 42.8 Å². The fourth-order valence-electron chi connectivity index (χ4n) is 2.18. The van der Waals surface area contributed by atoms with Crippen LogP contribution in [0.4, 0.5) is 13.2 Å². The van der Waals surface area contributed by atoms with E-state index >= 15 is 0 Å². The Kier molecular flexibility index (Phi) is 11.5. The predicted molar refractivity (Wildman–Crippen MR) is 129 cm³/mol. The number of benzene rings is 2. The predicted octanol–water partition coefficient (Wildman–Crippen LogP) is 7.06. The van der Waals surface area contributed by atoms with Gasteiger partial charge in [0.05, 0.1) is 6.61 Å². The Labute approximate surface area is 219 Å². The van der Waals surface area contributed by atoms with Crippen LogP contribution in [-0.4, -0.2) is 42.4 Å². The van der Waals surface area contributed by atoms with Crippen LogP contribution < -0.4 is 0 Å². The number of esters is 1. The minimum Gasteiger partial charge on any atom is -0.465 e. The number of halogens is 5. The van der Waals surface area contributed by atoms with Gasteiger partial charge >= 0.3 is 25.6 Å². The van der Waals surface area contributed by atoms with Crippen LogP contribution in [0.25, 0.3) is 0 Å². The molecule has 0 spiro atoms. The molecule has 0 bridgehead atoms. The minimum absolute atomic E-state index is 0.0447. The number of carbonyl (C=O) groups is 2. The van der Waals surface area contributed by atoms with E-state index in [1.54, 1.807) is 48.5 Å². The Bertz CT molecular complexity index is 975. The first-order valence-electron chi connectivity index (χ1n) is 9.26. The highest BCUT2D eigenvalue weighted by Gasteiger charge is 2.46. The minimum atomic E-state index is -5.32. The van der Waals surface area contributed by atoms with Crippen molar-refractivity contribution in [2.24, 2.45) is 0 Å². The van der Waals surface area contributed by atoms with Crippen molar-refractivity contribution in [3.8, 4) is 0 Å². The molecule has 34 heavy (non-hydrogen) atoms. The molecule has 0 N–H and O–H groups in total. The van der Waals surface area contributed by atoms with E-state index < -0.39 is 38.5 Å². The summed E-state index contributed by atoms with van der Waals surface area (Å²) in [5, 5.41) is 0. The van der Waals surface area contributed by atoms with Gasteiger partial charge in [0.15, 0.2) is 0 Å². The molecule has 15 heteroatoms. The van der Waals surface area contributed by atoms with Crippen LogP contribution in [0, 0.1) is 0 Å². The van der Waals surface area contributed by atoms with Gasteiger partial charge in [-0.05, 0) is 55.5 Å². The average Bonchev–Trinajstić information content (AvgIpc) is 2.77. The van der Waals surface area contributed by atoms with Crippen molar-refractivity contribution in [2.75, 3.05) is 19.4 Å². The molecule has 0 saturated carbocycles. The van der Waals surface area contributed by atoms with Crippen LogP contribution in [0.5, 0.6) is 0 Å². The molecule has 0 unspecified atom stereocenters. The van der Waals surface area contributed by atoms with E-state index in [1.807, 2.05) is 0 Å². The lowest BCUT2D eigenvalue weighted by Gasteiger charge is -2.26. The molecule has 0 aliphatic heterocycles. The third kappa shape index (κ3) is 9.92. The van der Waals surface area contributed by atoms with Crippen molar-refractivity contribution >= 4 is 75.4 Å². The van der Waals surface area contributed by atoms with Gasteiger partial charge in [-0.1, -0.05) is 31.9 Å². The summed E-state index contributed by atoms with van der Waals surface area (Å²) in [5.41, 5.74) is 0. The molecular weight excluding hydrogens is 650 g/mol. The van der Waals surface area contributed by atoms with Crippen LogP contribution >= 0.6 is 63.5 Å². The fraction of sp³-hybridized carbons (Fsp3) is 0.263. The summed E-state index contributed by atoms with van der Waals surface area (Å²) >= 11 is 7.73. The Morgan fingerprint density at radius 1 is 0.941 bits per heavy atom. The maximum absolute atomic E-state index is 13.5. The number of ether oxygens (including phenoxy) is 1. The van der Waals surface area contributed by atoms with Gasteiger partial charge in [0.2, 0.25) is 0 Å². The van der Waals surface area contributed by atoms with Crippen LogP contribution in [-0.2, 0) is 26.8 Å². The van der Waals surface area contributed by atoms with Crippen molar-refractivity contribution in [2.45, 2.75) is 22.9 Å². The van der Waals surface area contributed by atoms with Crippen molar-refractivity contribution in [3.05, 3.63) is 57.5 Å². The second-order valence-electron chi connectivity index (χ2n) is 6.28. The van der Waals surface area contributed by atoms with E-state index in [0.717, 1.165) is 8.95 Å². The largest absolute Gasteiger partial charge is 0.471 e. The zero-order chi connectivity index (χ0) is 25.4. The van der Waals surface area contributed by atoms with Gasteiger partial charge in [-0.2, -0.15) is 13.2 Å². The summed E-state index contributed by atoms with van der Waals surface area (Å²) in [4.78, 5) is 24.8. The Balaban J connectivity index is 2.27. The highest BCUT2D eigenvalue weighted by molar-refractivity contribution is 9.10. The molecule has 2 aromatic carbocycles. The van der Waals surface area contributed by atoms with Crippen LogP contribution in [0.1, 0.15) is 6.92 Å². The number of alkyl halides is 3. The molecule has 2 rings (SSSR count). The van der Waals surface area contributed by atoms with Crippen LogP contribution in [0.15, 0.2) is 67.3 Å². The van der Waals surface area contributed by atoms with Gasteiger partial charge in [-0.3, -0.25) is 14.2 Å². The topological polar surface area (TPSA) is 82.1 Å². The van der Waals surface area contributed by atoms with Gasteiger partial charge in [-0.15, -0.1) is 0 Å². The van der Waals surface area contributed by atoms with E-state index in [0.29, 0.717) is 33.9 Å². The lowest BCUT2D eigenvalue weighted by Crippen LogP contribution is -2.44. The maximum Gasteiger partial charge on any atom is 0.471 e. The summed E-state index contributed by atoms with van der Waals surface area (Å²) in [7, 11) is -4.43. The first-order valence-corrected chi connectivity index (χ1v) is 14.1. The monoisotopic (exact) mass is 665 g/mol. The fourth-order valence-corrected chi connectivity index (χ4v) is 6.14. The summed E-state index contributed by atoms with van der Waals surface area (Å²) in [6, 6.07) is 13.1. The third-order valence-electron chi connectivity index (χ3n) is 3.62. The molecule has 0 aromatic heterocycles. The van der Waals surface area contributed by atoms with E-state index in [9.17, 15) is 27.3 Å². The third-order valence-corrected chi connectivity index (χ3v) is 8.71. The summed E-state index contributed by atoms with van der Waals surface area (Å²) in [6.07, 6.45) is -6.47. The molecule has 1 amide bonds. The molecule has 186 valence electrons. The lowest BCUT2D eigenvalue weighted by molar-refractivity contribution is -0.186. The molecule has 7 nitrogen and oxygen atoms in total. The summed E-state index contributed by atoms with van der Waals surface area (Å²) in [5.74, 6) is -3.48. The zero-order valence-electron chi connectivity index (χ0n) is 17.3. The van der Waals surface area contributed by atoms with Gasteiger partial charge in [-0.25, -0.2) is 7.94 Å². The first kappa shape index (κ1) is 29.2. The Morgan fingerprint density at radius 3 is 1.76 bits per heavy atom. The molecule has 0 aliphatic rings. The molecule has 0 atom stereocenters. The average molecular weight is 667 g/mol. The highest BCUT2D eigenvalue weighted by Crippen LogP contribution is 2.57. The number of amides is 1. The molecule has 0 aliphatic carbocycles. The summed E-state index contributed by atoms with van der Waals surface area (Å²) in [6.45, 7) is 0.250. The standard InChI is InChI=1S/C19H17Br2F3NO6PS2/c1-2-29-17(26)11-25(18(27)19(22,23)24)12-32(28,30-33-15-7-3-13(20)4-8-15)31-34-16-9-5-14(21)6-10-16/h3-10H,2,11-12H2,1H3. The van der Waals surface area contributed by atoms with E-state index in [4.69, 9.17) is 7.94 Å². The smallest absolute Gasteiger partial charge is 0.465 e. The molecule has 2 aromatic rings. The zero-order valence-corrected chi connectivity index (χ0v) is 23.0. The van der Waals surface area contributed by atoms with Crippen molar-refractivity contribution in [3.63, 3.8) is 0 Å². The second-order valence-corrected chi connectivity index (χ2v) is 12.1.